The summed E-state index contributed by atoms with van der Waals surface area (Å²) in [5, 5.41) is 0.751. The number of hydrogen-bond donors (Lipinski definition) is 0. The Morgan fingerprint density at radius 1 is 0.438 bits per heavy atom. The smallest absolute Gasteiger partial charge is 0.0713 e. The Morgan fingerprint density at radius 3 is 1.66 bits per heavy atom. The minimum absolute atomic E-state index is 0.400. The monoisotopic (exact) mass is 428 g/mol. The fraction of sp³-hybridized carbons (Fsp3) is 0.0323. The summed E-state index contributed by atoms with van der Waals surface area (Å²) in [4.78, 5) is 0. The Hall–Kier alpha value is -3.61. The van der Waals surface area contributed by atoms with Gasteiger partial charge >= 0.3 is 0 Å². The molecule has 6 rings (SSSR count). The lowest BCUT2D eigenvalue weighted by Crippen LogP contribution is -2.28. The van der Waals surface area contributed by atoms with Gasteiger partial charge in [0, 0.05) is 5.02 Å². The number of rotatable bonds is 3. The van der Waals surface area contributed by atoms with E-state index in [1.54, 1.807) is 0 Å². The molecule has 1 aliphatic carbocycles. The van der Waals surface area contributed by atoms with Crippen LogP contribution in [0.25, 0.3) is 22.3 Å². The molecule has 0 unspecified atom stereocenters. The third-order valence-electron chi connectivity index (χ3n) is 6.63. The Balaban J connectivity index is 1.72. The van der Waals surface area contributed by atoms with E-state index in [-0.39, 0.29) is 0 Å². The van der Waals surface area contributed by atoms with Crippen LogP contribution in [0, 0.1) is 0 Å². The Labute approximate surface area is 193 Å². The summed E-state index contributed by atoms with van der Waals surface area (Å²) in [7, 11) is 0. The molecule has 0 atom stereocenters. The van der Waals surface area contributed by atoms with Gasteiger partial charge < -0.3 is 0 Å². The molecule has 1 aliphatic rings. The van der Waals surface area contributed by atoms with Crippen molar-refractivity contribution in [2.45, 2.75) is 5.41 Å². The molecule has 0 heterocycles. The third kappa shape index (κ3) is 2.77. The molecule has 5 aromatic rings. The van der Waals surface area contributed by atoms with E-state index in [1.807, 2.05) is 12.1 Å². The standard InChI is InChI=1S/C31H21Cl/c32-26-19-17-24(18-20-26)31(25-12-8-11-23(21-25)22-9-2-1-3-10-22)29-15-6-4-13-27(29)28-14-5-7-16-30(28)31/h1-21H. The lowest BCUT2D eigenvalue weighted by molar-refractivity contribution is 0.769. The summed E-state index contributed by atoms with van der Waals surface area (Å²) in [5.74, 6) is 0. The van der Waals surface area contributed by atoms with Crippen molar-refractivity contribution in [3.63, 3.8) is 0 Å². The van der Waals surface area contributed by atoms with Gasteiger partial charge in [-0.1, -0.05) is 121 Å². The molecule has 0 nitrogen and oxygen atoms in total. The second-order valence-corrected chi connectivity index (χ2v) is 8.73. The molecular formula is C31H21Cl. The average molecular weight is 429 g/mol. The first-order valence-corrected chi connectivity index (χ1v) is 11.3. The van der Waals surface area contributed by atoms with E-state index in [4.69, 9.17) is 11.6 Å². The summed E-state index contributed by atoms with van der Waals surface area (Å²) >= 11 is 6.32. The van der Waals surface area contributed by atoms with Gasteiger partial charge in [-0.25, -0.2) is 0 Å². The molecule has 0 aliphatic heterocycles. The number of fused-ring (bicyclic) bond motifs is 3. The highest BCUT2D eigenvalue weighted by atomic mass is 35.5. The highest BCUT2D eigenvalue weighted by Crippen LogP contribution is 2.56. The van der Waals surface area contributed by atoms with Crippen LogP contribution in [0.1, 0.15) is 22.3 Å². The van der Waals surface area contributed by atoms with Gasteiger partial charge in [0.15, 0.2) is 0 Å². The van der Waals surface area contributed by atoms with Crippen molar-refractivity contribution in [1.82, 2.24) is 0 Å². The largest absolute Gasteiger partial charge is 0.0843 e. The van der Waals surface area contributed by atoms with Gasteiger partial charge in [-0.15, -0.1) is 0 Å². The topological polar surface area (TPSA) is 0 Å². The lowest BCUT2D eigenvalue weighted by Gasteiger charge is -2.34. The fourth-order valence-electron chi connectivity index (χ4n) is 5.29. The van der Waals surface area contributed by atoms with Crippen LogP contribution in [0.4, 0.5) is 0 Å². The van der Waals surface area contributed by atoms with Crippen LogP contribution in [0.5, 0.6) is 0 Å². The van der Waals surface area contributed by atoms with Crippen LogP contribution in [0.3, 0.4) is 0 Å². The van der Waals surface area contributed by atoms with Gasteiger partial charge in [0.25, 0.3) is 0 Å². The summed E-state index contributed by atoms with van der Waals surface area (Å²) in [5.41, 5.74) is 9.75. The van der Waals surface area contributed by atoms with E-state index in [0.717, 1.165) is 5.02 Å². The normalized spacial score (nSPS) is 13.4. The van der Waals surface area contributed by atoms with E-state index in [9.17, 15) is 0 Å². The second kappa shape index (κ2) is 7.51. The maximum Gasteiger partial charge on any atom is 0.0713 e. The third-order valence-corrected chi connectivity index (χ3v) is 6.88. The van der Waals surface area contributed by atoms with Crippen molar-refractivity contribution >= 4 is 11.6 Å². The van der Waals surface area contributed by atoms with Crippen molar-refractivity contribution in [2.24, 2.45) is 0 Å². The number of halogens is 1. The first kappa shape index (κ1) is 19.1. The maximum atomic E-state index is 6.32. The van der Waals surface area contributed by atoms with Crippen LogP contribution in [0.15, 0.2) is 127 Å². The molecule has 152 valence electrons. The van der Waals surface area contributed by atoms with Gasteiger partial charge in [-0.05, 0) is 62.7 Å². The summed E-state index contributed by atoms with van der Waals surface area (Å²) in [6.07, 6.45) is 0. The summed E-state index contributed by atoms with van der Waals surface area (Å²) < 4.78 is 0. The van der Waals surface area contributed by atoms with Crippen LogP contribution in [-0.2, 0) is 5.41 Å². The summed E-state index contributed by atoms with van der Waals surface area (Å²) in [6.45, 7) is 0. The molecule has 0 spiro atoms. The molecule has 5 aromatic carbocycles. The molecular weight excluding hydrogens is 408 g/mol. The van der Waals surface area contributed by atoms with E-state index in [0.29, 0.717) is 0 Å². The zero-order valence-corrected chi connectivity index (χ0v) is 18.3. The highest BCUT2D eigenvalue weighted by molar-refractivity contribution is 6.30. The maximum absolute atomic E-state index is 6.32. The first-order chi connectivity index (χ1) is 15.8. The van der Waals surface area contributed by atoms with E-state index in [1.165, 1.54) is 44.5 Å². The Morgan fingerprint density at radius 2 is 1.00 bits per heavy atom. The zero-order chi connectivity index (χ0) is 21.5. The molecule has 32 heavy (non-hydrogen) atoms. The molecule has 0 saturated carbocycles. The van der Waals surface area contributed by atoms with Gasteiger partial charge in [0.1, 0.15) is 0 Å². The van der Waals surface area contributed by atoms with Crippen LogP contribution in [0.2, 0.25) is 5.02 Å². The van der Waals surface area contributed by atoms with Crippen molar-refractivity contribution in [3.8, 4) is 22.3 Å². The minimum atomic E-state index is -0.400. The molecule has 0 radical (unpaired) electrons. The predicted octanol–water partition coefficient (Wildman–Crippen LogP) is 8.37. The number of hydrogen-bond acceptors (Lipinski definition) is 0. The highest BCUT2D eigenvalue weighted by Gasteiger charge is 2.45. The van der Waals surface area contributed by atoms with Crippen molar-refractivity contribution < 1.29 is 0 Å². The Bertz CT molecular complexity index is 1370. The van der Waals surface area contributed by atoms with E-state index >= 15 is 0 Å². The van der Waals surface area contributed by atoms with Crippen LogP contribution >= 0.6 is 11.6 Å². The van der Waals surface area contributed by atoms with E-state index in [2.05, 4.69) is 115 Å². The molecule has 0 saturated heterocycles. The Kier molecular flexibility index (Phi) is 4.48. The molecule has 1 heteroatoms. The first-order valence-electron chi connectivity index (χ1n) is 10.9. The van der Waals surface area contributed by atoms with Crippen molar-refractivity contribution in [1.29, 1.82) is 0 Å². The van der Waals surface area contributed by atoms with Crippen LogP contribution in [-0.4, -0.2) is 0 Å². The van der Waals surface area contributed by atoms with Gasteiger partial charge in [-0.2, -0.15) is 0 Å². The van der Waals surface area contributed by atoms with Gasteiger partial charge in [0.2, 0.25) is 0 Å². The van der Waals surface area contributed by atoms with Crippen molar-refractivity contribution in [2.75, 3.05) is 0 Å². The van der Waals surface area contributed by atoms with E-state index < -0.39 is 5.41 Å². The lowest BCUT2D eigenvalue weighted by atomic mass is 9.67. The zero-order valence-electron chi connectivity index (χ0n) is 17.5. The van der Waals surface area contributed by atoms with Crippen LogP contribution < -0.4 is 0 Å². The molecule has 0 bridgehead atoms. The SMILES string of the molecule is Clc1ccc(C2(c3cccc(-c4ccccc4)c3)c3ccccc3-c3ccccc32)cc1. The number of benzene rings is 5. The van der Waals surface area contributed by atoms with Gasteiger partial charge in [-0.3, -0.25) is 0 Å². The quantitative estimate of drug-likeness (QED) is 0.265. The van der Waals surface area contributed by atoms with Crippen molar-refractivity contribution in [3.05, 3.63) is 155 Å². The minimum Gasteiger partial charge on any atom is -0.0843 e. The van der Waals surface area contributed by atoms with Gasteiger partial charge in [0.05, 0.1) is 5.41 Å². The molecule has 0 N–H and O–H groups in total. The molecule has 0 aromatic heterocycles. The fourth-order valence-corrected chi connectivity index (χ4v) is 5.41. The second-order valence-electron chi connectivity index (χ2n) is 8.29. The molecule has 0 amide bonds. The average Bonchev–Trinajstić information content (AvgIpc) is 3.17. The predicted molar refractivity (Wildman–Crippen MR) is 134 cm³/mol. The summed E-state index contributed by atoms with van der Waals surface area (Å²) in [6, 6.07) is 45.5. The molecule has 0 fully saturated rings.